The topological polar surface area (TPSA) is 35.2 Å². The van der Waals surface area contributed by atoms with E-state index in [1.165, 1.54) is 5.56 Å². The number of rotatable bonds is 2. The summed E-state index contributed by atoms with van der Waals surface area (Å²) in [7, 11) is 0. The van der Waals surface area contributed by atoms with Crippen molar-refractivity contribution < 1.29 is 4.74 Å². The average Bonchev–Trinajstić information content (AvgIpc) is 2.30. The van der Waals surface area contributed by atoms with Gasteiger partial charge in [-0.25, -0.2) is 0 Å². The fraction of sp³-hybridized carbons (Fsp3) is 0.200. The second kappa shape index (κ2) is 4.50. The van der Waals surface area contributed by atoms with E-state index in [2.05, 4.69) is 19.9 Å². The Bertz CT molecular complexity index is 547. The lowest BCUT2D eigenvalue weighted by molar-refractivity contribution is 0.480. The summed E-state index contributed by atoms with van der Waals surface area (Å²) in [6.45, 7) is 6.15. The molecule has 2 rings (SSSR count). The van der Waals surface area contributed by atoms with Crippen molar-refractivity contribution in [1.82, 2.24) is 0 Å². The number of ether oxygens (including phenoxy) is 1. The highest BCUT2D eigenvalue weighted by atomic mass is 16.5. The Kier molecular flexibility index (Phi) is 3.05. The van der Waals surface area contributed by atoms with Crippen LogP contribution in [0.4, 0.5) is 5.69 Å². The summed E-state index contributed by atoms with van der Waals surface area (Å²) in [5.41, 5.74) is 10.1. The van der Waals surface area contributed by atoms with Crippen molar-refractivity contribution in [1.29, 1.82) is 0 Å². The Morgan fingerprint density at radius 2 is 1.71 bits per heavy atom. The quantitative estimate of drug-likeness (QED) is 0.787. The predicted octanol–water partition coefficient (Wildman–Crippen LogP) is 3.99. The molecule has 0 heterocycles. The van der Waals surface area contributed by atoms with Gasteiger partial charge in [-0.3, -0.25) is 0 Å². The van der Waals surface area contributed by atoms with Gasteiger partial charge in [-0.2, -0.15) is 0 Å². The Balaban J connectivity index is 2.38. The summed E-state index contributed by atoms with van der Waals surface area (Å²) in [6, 6.07) is 11.8. The lowest BCUT2D eigenvalue weighted by Gasteiger charge is -2.12. The standard InChI is InChI=1S/C15H17NO/c1-10-7-8-13(16)15(9-10)17-14-6-4-5-11(2)12(14)3/h4-9H,16H2,1-3H3. The van der Waals surface area contributed by atoms with Crippen LogP contribution < -0.4 is 10.5 Å². The molecule has 2 aromatic rings. The number of benzene rings is 2. The van der Waals surface area contributed by atoms with E-state index >= 15 is 0 Å². The van der Waals surface area contributed by atoms with Gasteiger partial charge in [0.15, 0.2) is 5.75 Å². The number of nitrogens with two attached hydrogens (primary N) is 1. The van der Waals surface area contributed by atoms with Gasteiger partial charge in [-0.05, 0) is 55.7 Å². The molecule has 2 aromatic carbocycles. The molecule has 0 atom stereocenters. The highest BCUT2D eigenvalue weighted by Gasteiger charge is 2.06. The highest BCUT2D eigenvalue weighted by Crippen LogP contribution is 2.31. The summed E-state index contributed by atoms with van der Waals surface area (Å²) in [4.78, 5) is 0. The van der Waals surface area contributed by atoms with Crippen LogP contribution in [0, 0.1) is 20.8 Å². The Labute approximate surface area is 102 Å². The first-order chi connectivity index (χ1) is 8.08. The molecule has 2 heteroatoms. The Hall–Kier alpha value is -1.96. The molecule has 2 N–H and O–H groups in total. The molecule has 0 aliphatic carbocycles. The smallest absolute Gasteiger partial charge is 0.150 e. The number of nitrogen functional groups attached to an aromatic ring is 1. The van der Waals surface area contributed by atoms with Gasteiger partial charge in [-0.15, -0.1) is 0 Å². The normalized spacial score (nSPS) is 10.3. The minimum absolute atomic E-state index is 0.663. The van der Waals surface area contributed by atoms with E-state index in [9.17, 15) is 0 Å². The van der Waals surface area contributed by atoms with E-state index in [1.54, 1.807) is 0 Å². The first-order valence-corrected chi connectivity index (χ1v) is 5.68. The lowest BCUT2D eigenvalue weighted by atomic mass is 10.1. The zero-order valence-electron chi connectivity index (χ0n) is 10.4. The average molecular weight is 227 g/mol. The van der Waals surface area contributed by atoms with Gasteiger partial charge in [0.05, 0.1) is 5.69 Å². The number of hydrogen-bond acceptors (Lipinski definition) is 2. The third kappa shape index (κ3) is 2.41. The van der Waals surface area contributed by atoms with Crippen LogP contribution in [0.25, 0.3) is 0 Å². The molecule has 0 saturated carbocycles. The largest absolute Gasteiger partial charge is 0.455 e. The molecule has 0 bridgehead atoms. The van der Waals surface area contributed by atoms with Gasteiger partial charge >= 0.3 is 0 Å². The van der Waals surface area contributed by atoms with Crippen molar-refractivity contribution in [2.45, 2.75) is 20.8 Å². The summed E-state index contributed by atoms with van der Waals surface area (Å²) in [5, 5.41) is 0. The van der Waals surface area contributed by atoms with Crippen LogP contribution in [0.2, 0.25) is 0 Å². The maximum atomic E-state index is 5.90. The maximum absolute atomic E-state index is 5.90. The molecule has 0 saturated heterocycles. The van der Waals surface area contributed by atoms with E-state index < -0.39 is 0 Å². The Morgan fingerprint density at radius 3 is 2.47 bits per heavy atom. The number of hydrogen-bond donors (Lipinski definition) is 1. The Morgan fingerprint density at radius 1 is 0.941 bits per heavy atom. The van der Waals surface area contributed by atoms with E-state index in [-0.39, 0.29) is 0 Å². The van der Waals surface area contributed by atoms with E-state index in [0.717, 1.165) is 22.6 Å². The van der Waals surface area contributed by atoms with Crippen LogP contribution >= 0.6 is 0 Å². The van der Waals surface area contributed by atoms with E-state index in [0.29, 0.717) is 5.69 Å². The van der Waals surface area contributed by atoms with Crippen molar-refractivity contribution in [3.63, 3.8) is 0 Å². The molecular formula is C15H17NO. The zero-order valence-corrected chi connectivity index (χ0v) is 10.4. The molecule has 0 aliphatic heterocycles. The summed E-state index contributed by atoms with van der Waals surface area (Å²) in [6.07, 6.45) is 0. The minimum Gasteiger partial charge on any atom is -0.455 e. The van der Waals surface area contributed by atoms with Crippen molar-refractivity contribution >= 4 is 5.69 Å². The van der Waals surface area contributed by atoms with Gasteiger partial charge in [0.25, 0.3) is 0 Å². The molecule has 0 amide bonds. The fourth-order valence-electron chi connectivity index (χ4n) is 1.68. The monoisotopic (exact) mass is 227 g/mol. The number of aryl methyl sites for hydroxylation is 2. The van der Waals surface area contributed by atoms with Crippen LogP contribution in [0.1, 0.15) is 16.7 Å². The molecule has 0 aliphatic rings. The zero-order chi connectivity index (χ0) is 12.4. The predicted molar refractivity (Wildman–Crippen MR) is 71.6 cm³/mol. The van der Waals surface area contributed by atoms with Crippen molar-refractivity contribution in [2.75, 3.05) is 5.73 Å². The van der Waals surface area contributed by atoms with Gasteiger partial charge in [0.2, 0.25) is 0 Å². The maximum Gasteiger partial charge on any atom is 0.150 e. The molecular weight excluding hydrogens is 210 g/mol. The summed E-state index contributed by atoms with van der Waals surface area (Å²) in [5.74, 6) is 1.58. The van der Waals surface area contributed by atoms with Crippen LogP contribution in [0.15, 0.2) is 36.4 Å². The van der Waals surface area contributed by atoms with Gasteiger partial charge in [0, 0.05) is 0 Å². The van der Waals surface area contributed by atoms with E-state index in [4.69, 9.17) is 10.5 Å². The molecule has 88 valence electrons. The van der Waals surface area contributed by atoms with Gasteiger partial charge in [-0.1, -0.05) is 18.2 Å². The molecule has 0 spiro atoms. The molecule has 0 aromatic heterocycles. The highest BCUT2D eigenvalue weighted by molar-refractivity contribution is 5.56. The van der Waals surface area contributed by atoms with Crippen LogP contribution in [-0.2, 0) is 0 Å². The number of anilines is 1. The SMILES string of the molecule is Cc1ccc(N)c(Oc2cccc(C)c2C)c1. The molecule has 0 radical (unpaired) electrons. The third-order valence-electron chi connectivity index (χ3n) is 2.94. The molecule has 2 nitrogen and oxygen atoms in total. The van der Waals surface area contributed by atoms with Crippen molar-refractivity contribution in [3.05, 3.63) is 53.1 Å². The fourth-order valence-corrected chi connectivity index (χ4v) is 1.68. The first kappa shape index (κ1) is 11.5. The van der Waals surface area contributed by atoms with Crippen LogP contribution in [0.5, 0.6) is 11.5 Å². The summed E-state index contributed by atoms with van der Waals surface area (Å²) < 4.78 is 5.88. The van der Waals surface area contributed by atoms with E-state index in [1.807, 2.05) is 37.3 Å². The summed E-state index contributed by atoms with van der Waals surface area (Å²) >= 11 is 0. The molecule has 0 fully saturated rings. The lowest BCUT2D eigenvalue weighted by Crippen LogP contribution is -1.94. The second-order valence-corrected chi connectivity index (χ2v) is 4.34. The third-order valence-corrected chi connectivity index (χ3v) is 2.94. The van der Waals surface area contributed by atoms with Gasteiger partial charge in [0.1, 0.15) is 5.75 Å². The minimum atomic E-state index is 0.663. The molecule has 0 unspecified atom stereocenters. The first-order valence-electron chi connectivity index (χ1n) is 5.68. The molecule has 17 heavy (non-hydrogen) atoms. The van der Waals surface area contributed by atoms with Gasteiger partial charge < -0.3 is 10.5 Å². The second-order valence-electron chi connectivity index (χ2n) is 4.34. The van der Waals surface area contributed by atoms with Crippen molar-refractivity contribution in [2.24, 2.45) is 0 Å². The van der Waals surface area contributed by atoms with Crippen molar-refractivity contribution in [3.8, 4) is 11.5 Å². The van der Waals surface area contributed by atoms with Crippen LogP contribution in [-0.4, -0.2) is 0 Å². The van der Waals surface area contributed by atoms with Crippen LogP contribution in [0.3, 0.4) is 0 Å².